The first kappa shape index (κ1) is 18.4. The predicted molar refractivity (Wildman–Crippen MR) is 129 cm³/mol. The van der Waals surface area contributed by atoms with Crippen molar-refractivity contribution in [3.05, 3.63) is 52.5 Å². The second-order valence-electron chi connectivity index (χ2n) is 7.41. The number of rotatable bonds is 4. The average molecular weight is 449 g/mol. The van der Waals surface area contributed by atoms with Crippen LogP contribution in [0.1, 0.15) is 6.42 Å². The topological polar surface area (TPSA) is 68.5 Å². The first-order valence-electron chi connectivity index (χ1n) is 9.82. The molecule has 0 unspecified atom stereocenters. The molecule has 6 nitrogen and oxygen atoms in total. The summed E-state index contributed by atoms with van der Waals surface area (Å²) in [7, 11) is 0. The summed E-state index contributed by atoms with van der Waals surface area (Å²) in [6.07, 6.45) is 5.99. The van der Waals surface area contributed by atoms with Crippen molar-refractivity contribution in [1.82, 2.24) is 9.97 Å². The Morgan fingerprint density at radius 2 is 1.39 bits per heavy atom. The van der Waals surface area contributed by atoms with Crippen LogP contribution in [-0.4, -0.2) is 40.0 Å². The van der Waals surface area contributed by atoms with Gasteiger partial charge in [0.25, 0.3) is 12.7 Å². The summed E-state index contributed by atoms with van der Waals surface area (Å²) in [4.78, 5) is 7.02. The molecule has 2 N–H and O–H groups in total. The lowest BCUT2D eigenvalue weighted by molar-refractivity contribution is -0.235. The van der Waals surface area contributed by atoms with Gasteiger partial charge in [-0.1, -0.05) is 23.2 Å². The van der Waals surface area contributed by atoms with Crippen molar-refractivity contribution >= 4 is 85.7 Å². The number of halogens is 2. The number of fused-ring (bicyclic) bond motifs is 6. The Hall–Kier alpha value is -3.35. The van der Waals surface area contributed by atoms with E-state index in [0.717, 1.165) is 49.4 Å². The fourth-order valence-corrected chi connectivity index (χ4v) is 4.45. The second-order valence-corrected chi connectivity index (χ2v) is 8.28. The van der Waals surface area contributed by atoms with Gasteiger partial charge in [-0.3, -0.25) is 0 Å². The van der Waals surface area contributed by atoms with E-state index in [1.165, 1.54) is 0 Å². The van der Waals surface area contributed by atoms with E-state index in [-0.39, 0.29) is 0 Å². The van der Waals surface area contributed by atoms with Crippen LogP contribution in [0.2, 0.25) is 10.0 Å². The van der Waals surface area contributed by atoms with Crippen molar-refractivity contribution in [2.75, 3.05) is 6.61 Å². The van der Waals surface area contributed by atoms with E-state index in [1.807, 2.05) is 47.2 Å². The van der Waals surface area contributed by atoms with E-state index < -0.39 is 0 Å². The number of hydrogen-bond acceptors (Lipinski definition) is 3. The third-order valence-electron chi connectivity index (χ3n) is 5.49. The van der Waals surface area contributed by atoms with Crippen LogP contribution in [0.25, 0.3) is 43.6 Å². The third-order valence-corrected chi connectivity index (χ3v) is 5.96. The van der Waals surface area contributed by atoms with E-state index in [2.05, 4.69) is 26.2 Å². The number of hydrogen-bond donors (Lipinski definition) is 2. The highest BCUT2D eigenvalue weighted by atomic mass is 35.5. The van der Waals surface area contributed by atoms with E-state index >= 15 is 0 Å². The van der Waals surface area contributed by atoms with Gasteiger partial charge in [0.05, 0.1) is 34.1 Å². The Labute approximate surface area is 186 Å². The number of aromatic amines is 2. The summed E-state index contributed by atoms with van der Waals surface area (Å²) in [6.45, 7) is 0.499. The summed E-state index contributed by atoms with van der Waals surface area (Å²) < 4.78 is 8.15. The SMILES string of the molecule is Clc1ccc2[nH]c3c(OCCC=[N+]4C=NN=C4)c4[nH]c5ccc(Cl)cc5c4cc3c2c1. The van der Waals surface area contributed by atoms with Crippen molar-refractivity contribution in [1.29, 1.82) is 0 Å². The fraction of sp³-hybridized carbons (Fsp3) is 0.0870. The molecular formula is C23H16Cl2N5O+. The minimum atomic E-state index is 0.499. The van der Waals surface area contributed by atoms with E-state index in [4.69, 9.17) is 27.9 Å². The quantitative estimate of drug-likeness (QED) is 0.253. The van der Waals surface area contributed by atoms with Gasteiger partial charge in [0.1, 0.15) is 0 Å². The van der Waals surface area contributed by atoms with Crippen molar-refractivity contribution in [3.63, 3.8) is 0 Å². The molecule has 31 heavy (non-hydrogen) atoms. The zero-order chi connectivity index (χ0) is 20.9. The Kier molecular flexibility index (Phi) is 4.23. The molecule has 0 atom stereocenters. The van der Waals surface area contributed by atoms with Crippen LogP contribution in [0.3, 0.4) is 0 Å². The zero-order valence-corrected chi connectivity index (χ0v) is 17.7. The largest absolute Gasteiger partial charge is 0.489 e. The summed E-state index contributed by atoms with van der Waals surface area (Å²) in [5.74, 6) is 0.782. The Morgan fingerprint density at radius 3 is 1.97 bits per heavy atom. The molecule has 152 valence electrons. The van der Waals surface area contributed by atoms with Gasteiger partial charge in [-0.15, -0.1) is 0 Å². The highest BCUT2D eigenvalue weighted by Crippen LogP contribution is 2.41. The van der Waals surface area contributed by atoms with Gasteiger partial charge < -0.3 is 14.7 Å². The summed E-state index contributed by atoms with van der Waals surface area (Å²) >= 11 is 12.6. The van der Waals surface area contributed by atoms with Gasteiger partial charge in [-0.2, -0.15) is 0 Å². The molecule has 3 heterocycles. The predicted octanol–water partition coefficient (Wildman–Crippen LogP) is 6.10. The average Bonchev–Trinajstić information content (AvgIpc) is 3.48. The maximum Gasteiger partial charge on any atom is 0.273 e. The minimum Gasteiger partial charge on any atom is -0.489 e. The normalized spacial score (nSPS) is 13.4. The van der Waals surface area contributed by atoms with Crippen LogP contribution in [0.4, 0.5) is 0 Å². The number of benzene rings is 3. The lowest BCUT2D eigenvalue weighted by Crippen LogP contribution is -2.08. The number of aromatic nitrogens is 2. The lowest BCUT2D eigenvalue weighted by Gasteiger charge is -2.08. The molecule has 0 aliphatic carbocycles. The Bertz CT molecular complexity index is 1480. The van der Waals surface area contributed by atoms with Crippen LogP contribution in [-0.2, 0) is 0 Å². The van der Waals surface area contributed by atoms with Gasteiger partial charge in [0.15, 0.2) is 5.75 Å². The Morgan fingerprint density at radius 1 is 0.806 bits per heavy atom. The van der Waals surface area contributed by atoms with E-state index in [9.17, 15) is 0 Å². The van der Waals surface area contributed by atoms with Gasteiger partial charge in [0, 0.05) is 49.0 Å². The number of H-pyrrole nitrogens is 2. The maximum atomic E-state index is 6.34. The molecule has 0 amide bonds. The lowest BCUT2D eigenvalue weighted by atomic mass is 10.1. The number of nitrogens with zero attached hydrogens (tertiary/aromatic N) is 3. The van der Waals surface area contributed by atoms with E-state index in [0.29, 0.717) is 23.1 Å². The third kappa shape index (κ3) is 3.07. The molecule has 3 aromatic carbocycles. The summed E-state index contributed by atoms with van der Waals surface area (Å²) in [5, 5.41) is 13.2. The van der Waals surface area contributed by atoms with Crippen LogP contribution in [0, 0.1) is 0 Å². The van der Waals surface area contributed by atoms with Gasteiger partial charge >= 0.3 is 0 Å². The highest BCUT2D eigenvalue weighted by Gasteiger charge is 2.18. The van der Waals surface area contributed by atoms with E-state index in [1.54, 1.807) is 12.7 Å². The second kappa shape index (κ2) is 7.11. The molecule has 2 aromatic heterocycles. The molecule has 1 aliphatic heterocycles. The minimum absolute atomic E-state index is 0.499. The van der Waals surface area contributed by atoms with Gasteiger partial charge in [0.2, 0.25) is 0 Å². The number of nitrogens with one attached hydrogen (secondary N) is 2. The standard InChI is InChI=1S/C23H16Cl2N5O/c24-13-2-4-19-15(8-13)17-10-18-16-9-14(25)3-5-20(16)29-22(18)23(21(17)28-19)31-7-1-6-30-11-26-27-12-30/h2-6,8-12,28-29H,1,7H2/q+1. The molecule has 0 bridgehead atoms. The molecule has 0 spiro atoms. The van der Waals surface area contributed by atoms with Crippen molar-refractivity contribution < 1.29 is 9.31 Å². The van der Waals surface area contributed by atoms with Crippen LogP contribution in [0.15, 0.2) is 52.7 Å². The first-order valence-corrected chi connectivity index (χ1v) is 10.6. The zero-order valence-electron chi connectivity index (χ0n) is 16.2. The van der Waals surface area contributed by atoms with Crippen LogP contribution in [0.5, 0.6) is 5.75 Å². The van der Waals surface area contributed by atoms with Crippen molar-refractivity contribution in [2.24, 2.45) is 10.2 Å². The Balaban J connectivity index is 1.55. The molecule has 8 heteroatoms. The van der Waals surface area contributed by atoms with Crippen molar-refractivity contribution in [3.8, 4) is 5.75 Å². The molecular weight excluding hydrogens is 433 g/mol. The monoisotopic (exact) mass is 448 g/mol. The van der Waals surface area contributed by atoms with Gasteiger partial charge in [-0.25, -0.2) is 4.58 Å². The molecule has 0 radical (unpaired) electrons. The van der Waals surface area contributed by atoms with Gasteiger partial charge in [-0.05, 0) is 42.5 Å². The van der Waals surface area contributed by atoms with Crippen molar-refractivity contribution in [2.45, 2.75) is 6.42 Å². The smallest absolute Gasteiger partial charge is 0.273 e. The maximum absolute atomic E-state index is 6.34. The fourth-order valence-electron chi connectivity index (χ4n) is 4.11. The molecule has 6 rings (SSSR count). The number of ether oxygens (including phenoxy) is 1. The molecule has 1 aliphatic rings. The first-order chi connectivity index (χ1) is 15.2. The molecule has 0 saturated carbocycles. The summed E-state index contributed by atoms with van der Waals surface area (Å²) in [6, 6.07) is 13.9. The molecule has 5 aromatic rings. The van der Waals surface area contributed by atoms with Crippen LogP contribution >= 0.6 is 23.2 Å². The highest BCUT2D eigenvalue weighted by molar-refractivity contribution is 6.33. The van der Waals surface area contributed by atoms with Crippen LogP contribution < -0.4 is 4.74 Å². The molecule has 0 saturated heterocycles. The summed E-state index contributed by atoms with van der Waals surface area (Å²) in [5.41, 5.74) is 3.89. The molecule has 0 fully saturated rings.